The van der Waals surface area contributed by atoms with Crippen molar-refractivity contribution in [2.75, 3.05) is 10.5 Å². The van der Waals surface area contributed by atoms with Crippen LogP contribution < -0.4 is 10.5 Å². The van der Waals surface area contributed by atoms with Gasteiger partial charge in [0, 0.05) is 23.3 Å². The van der Waals surface area contributed by atoms with Gasteiger partial charge < -0.3 is 15.4 Å². The zero-order valence-electron chi connectivity index (χ0n) is 14.9. The Morgan fingerprint density at radius 3 is 2.43 bits per heavy atom. The molecule has 4 N–H and O–H groups in total. The van der Waals surface area contributed by atoms with Crippen LogP contribution in [0.4, 0.5) is 11.5 Å². The first-order valence-electron chi connectivity index (χ1n) is 8.19. The minimum atomic E-state index is -3.64. The molecule has 28 heavy (non-hydrogen) atoms. The normalized spacial score (nSPS) is 10.9. The molecule has 0 saturated carbocycles. The zero-order chi connectivity index (χ0) is 20.1. The third kappa shape index (κ3) is 4.57. The summed E-state index contributed by atoms with van der Waals surface area (Å²) >= 11 is 0. The molecule has 0 aliphatic carbocycles. The van der Waals surface area contributed by atoms with E-state index in [-0.39, 0.29) is 16.5 Å². The van der Waals surface area contributed by atoms with Gasteiger partial charge >= 0.3 is 0 Å². The quantitative estimate of drug-likeness (QED) is 0.451. The van der Waals surface area contributed by atoms with Crippen LogP contribution in [-0.4, -0.2) is 23.7 Å². The zero-order valence-corrected chi connectivity index (χ0v) is 15.7. The number of aryl methyl sites for hydroxylation is 1. The number of nitrogens with two attached hydrogens (primary N) is 1. The number of fused-ring (bicyclic) bond motifs is 1. The minimum Gasteiger partial charge on any atom is -0.506 e. The van der Waals surface area contributed by atoms with Crippen LogP contribution >= 0.6 is 0 Å². The molecule has 0 saturated heterocycles. The molecule has 0 bridgehead atoms. The Bertz CT molecular complexity index is 1180. The molecule has 0 fully saturated rings. The monoisotopic (exact) mass is 398 g/mol. The second kappa shape index (κ2) is 7.97. The first kappa shape index (κ1) is 19.2. The van der Waals surface area contributed by atoms with Crippen LogP contribution in [0, 0.1) is 6.92 Å². The fraction of sp³-hybridized carbons (Fsp3) is 0.0526. The van der Waals surface area contributed by atoms with Crippen molar-refractivity contribution in [3.8, 4) is 5.75 Å². The number of nitrogens with zero attached hydrogens (tertiary/aromatic N) is 2. The van der Waals surface area contributed by atoms with Crippen molar-refractivity contribution in [2.24, 2.45) is 0 Å². The minimum absolute atomic E-state index is 0.118. The predicted molar refractivity (Wildman–Crippen MR) is 106 cm³/mol. The smallest absolute Gasteiger partial charge is 0.263 e. The number of phenolic OH excluding ortho intramolecular Hbond substituents is 1. The standard InChI is InChI=1S/C10H11N3O3S.C9H7NO/c1-7-6-10(12-16-7)13-17(14,15)9-4-2-8(11)3-5-9;11-8-5-1-3-7-4-2-6-10-9(7)8/h2-6H,11H2,1H3,(H,12,13);1-6,11H. The van der Waals surface area contributed by atoms with Crippen LogP contribution in [-0.2, 0) is 10.0 Å². The summed E-state index contributed by atoms with van der Waals surface area (Å²) in [7, 11) is -3.64. The highest BCUT2D eigenvalue weighted by Crippen LogP contribution is 2.20. The van der Waals surface area contributed by atoms with Crippen molar-refractivity contribution >= 4 is 32.4 Å². The van der Waals surface area contributed by atoms with Crippen molar-refractivity contribution in [2.45, 2.75) is 11.8 Å². The van der Waals surface area contributed by atoms with Crippen LogP contribution in [0.15, 0.2) is 76.3 Å². The number of sulfonamides is 1. The molecule has 0 aliphatic heterocycles. The Kier molecular flexibility index (Phi) is 5.46. The number of aromatic hydroxyl groups is 1. The van der Waals surface area contributed by atoms with Gasteiger partial charge in [0.1, 0.15) is 17.0 Å². The Morgan fingerprint density at radius 2 is 1.79 bits per heavy atom. The number of aromatic nitrogens is 2. The van der Waals surface area contributed by atoms with Gasteiger partial charge in [0.05, 0.1) is 4.90 Å². The van der Waals surface area contributed by atoms with E-state index in [4.69, 9.17) is 10.3 Å². The fourth-order valence-corrected chi connectivity index (χ4v) is 3.33. The lowest BCUT2D eigenvalue weighted by Crippen LogP contribution is -2.13. The van der Waals surface area contributed by atoms with E-state index >= 15 is 0 Å². The second-order valence-corrected chi connectivity index (χ2v) is 7.53. The molecule has 0 unspecified atom stereocenters. The molecule has 4 aromatic rings. The first-order chi connectivity index (χ1) is 13.3. The summed E-state index contributed by atoms with van der Waals surface area (Å²) in [6.45, 7) is 1.67. The predicted octanol–water partition coefficient (Wildman–Crippen LogP) is 3.31. The summed E-state index contributed by atoms with van der Waals surface area (Å²) in [6, 6.07) is 16.5. The van der Waals surface area contributed by atoms with E-state index in [1.165, 1.54) is 30.3 Å². The molecule has 0 spiro atoms. The summed E-state index contributed by atoms with van der Waals surface area (Å²) in [5.74, 6) is 0.919. The van der Waals surface area contributed by atoms with Crippen molar-refractivity contribution in [3.05, 3.63) is 72.6 Å². The third-order valence-electron chi connectivity index (χ3n) is 3.67. The van der Waals surface area contributed by atoms with Crippen molar-refractivity contribution in [1.29, 1.82) is 0 Å². The summed E-state index contributed by atoms with van der Waals surface area (Å²) in [5.41, 5.74) is 6.65. The van der Waals surface area contributed by atoms with Gasteiger partial charge in [-0.25, -0.2) is 8.42 Å². The van der Waals surface area contributed by atoms with E-state index < -0.39 is 10.0 Å². The SMILES string of the molecule is Cc1cc(NS(=O)(=O)c2ccc(N)cc2)no1.Oc1cccc2cccnc12. The van der Waals surface area contributed by atoms with Crippen LogP contribution in [0.2, 0.25) is 0 Å². The number of benzene rings is 2. The summed E-state index contributed by atoms with van der Waals surface area (Å²) in [4.78, 5) is 4.15. The largest absolute Gasteiger partial charge is 0.506 e. The van der Waals surface area contributed by atoms with E-state index in [0.717, 1.165) is 5.39 Å². The average Bonchev–Trinajstić information content (AvgIpc) is 3.07. The molecule has 9 heteroatoms. The number of hydrogen-bond acceptors (Lipinski definition) is 7. The Labute approximate surface area is 161 Å². The van der Waals surface area contributed by atoms with Crippen molar-refractivity contribution in [1.82, 2.24) is 10.1 Å². The first-order valence-corrected chi connectivity index (χ1v) is 9.68. The van der Waals surface area contributed by atoms with Gasteiger partial charge in [-0.1, -0.05) is 23.4 Å². The van der Waals surface area contributed by atoms with Crippen molar-refractivity contribution in [3.63, 3.8) is 0 Å². The van der Waals surface area contributed by atoms with Crippen LogP contribution in [0.1, 0.15) is 5.76 Å². The van der Waals surface area contributed by atoms with Gasteiger partial charge in [-0.15, -0.1) is 0 Å². The van der Waals surface area contributed by atoms with Gasteiger partial charge in [-0.3, -0.25) is 9.71 Å². The topological polar surface area (TPSA) is 131 Å². The molecule has 2 heterocycles. The summed E-state index contributed by atoms with van der Waals surface area (Å²) < 4.78 is 30.8. The average molecular weight is 398 g/mol. The third-order valence-corrected chi connectivity index (χ3v) is 5.04. The number of phenols is 1. The molecule has 0 atom stereocenters. The highest BCUT2D eigenvalue weighted by atomic mass is 32.2. The van der Waals surface area contributed by atoms with Crippen LogP contribution in [0.25, 0.3) is 10.9 Å². The number of pyridine rings is 1. The molecular weight excluding hydrogens is 380 g/mol. The van der Waals surface area contributed by atoms with Crippen LogP contribution in [0.3, 0.4) is 0 Å². The molecule has 8 nitrogen and oxygen atoms in total. The van der Waals surface area contributed by atoms with Crippen molar-refractivity contribution < 1.29 is 18.0 Å². The van der Waals surface area contributed by atoms with Gasteiger partial charge in [-0.05, 0) is 43.3 Å². The summed E-state index contributed by atoms with van der Waals surface area (Å²) in [6.07, 6.45) is 1.67. The molecule has 0 radical (unpaired) electrons. The molecule has 2 aromatic carbocycles. The van der Waals surface area contributed by atoms with Gasteiger partial charge in [0.2, 0.25) is 0 Å². The molecule has 144 valence electrons. The Morgan fingerprint density at radius 1 is 1.07 bits per heavy atom. The maximum Gasteiger partial charge on any atom is 0.263 e. The number of anilines is 2. The van der Waals surface area contributed by atoms with E-state index in [0.29, 0.717) is 17.0 Å². The van der Waals surface area contributed by atoms with Gasteiger partial charge in [-0.2, -0.15) is 0 Å². The lowest BCUT2D eigenvalue weighted by Gasteiger charge is -2.04. The molecule has 4 rings (SSSR count). The molecular formula is C19H18N4O4S. The maximum absolute atomic E-state index is 11.9. The highest BCUT2D eigenvalue weighted by Gasteiger charge is 2.15. The van der Waals surface area contributed by atoms with E-state index in [1.54, 1.807) is 25.3 Å². The number of hydrogen-bond donors (Lipinski definition) is 3. The lowest BCUT2D eigenvalue weighted by molar-refractivity contribution is 0.400. The van der Waals surface area contributed by atoms with E-state index in [1.807, 2.05) is 18.2 Å². The van der Waals surface area contributed by atoms with E-state index in [9.17, 15) is 13.5 Å². The molecule has 0 amide bonds. The Hall–Kier alpha value is -3.59. The number of para-hydroxylation sites is 1. The van der Waals surface area contributed by atoms with E-state index in [2.05, 4.69) is 14.9 Å². The lowest BCUT2D eigenvalue weighted by atomic mass is 10.2. The fourth-order valence-electron chi connectivity index (χ4n) is 2.35. The van der Waals surface area contributed by atoms with Gasteiger partial charge in [0.15, 0.2) is 5.82 Å². The number of nitrogens with one attached hydrogen (secondary N) is 1. The highest BCUT2D eigenvalue weighted by molar-refractivity contribution is 7.92. The summed E-state index contributed by atoms with van der Waals surface area (Å²) in [5, 5.41) is 13.8. The maximum atomic E-state index is 11.9. The second-order valence-electron chi connectivity index (χ2n) is 5.85. The molecule has 0 aliphatic rings. The number of rotatable bonds is 3. The molecule has 2 aromatic heterocycles. The number of nitrogen functional groups attached to an aromatic ring is 1. The van der Waals surface area contributed by atoms with Crippen LogP contribution in [0.5, 0.6) is 5.75 Å². The Balaban J connectivity index is 0.000000176. The van der Waals surface area contributed by atoms with Gasteiger partial charge in [0.25, 0.3) is 10.0 Å².